The molecule has 1 fully saturated rings. The van der Waals surface area contributed by atoms with E-state index in [9.17, 15) is 14.4 Å². The molecule has 1 aliphatic rings. The summed E-state index contributed by atoms with van der Waals surface area (Å²) < 4.78 is 5.33. The van der Waals surface area contributed by atoms with Gasteiger partial charge in [0, 0.05) is 17.8 Å². The highest BCUT2D eigenvalue weighted by Crippen LogP contribution is 2.34. The molecular formula is C25H37N3O4S. The number of hydrogen-bond donors (Lipinski definition) is 3. The van der Waals surface area contributed by atoms with Crippen LogP contribution in [0.5, 0.6) is 0 Å². The summed E-state index contributed by atoms with van der Waals surface area (Å²) >= 11 is 4.31. The van der Waals surface area contributed by atoms with Crippen LogP contribution in [-0.2, 0) is 14.3 Å². The summed E-state index contributed by atoms with van der Waals surface area (Å²) in [7, 11) is 0. The maximum absolute atomic E-state index is 13.8. The molecule has 0 aromatic heterocycles. The molecule has 0 bridgehead atoms. The zero-order valence-electron chi connectivity index (χ0n) is 20.3. The quantitative estimate of drug-likeness (QED) is 0.469. The van der Waals surface area contributed by atoms with Gasteiger partial charge in [-0.3, -0.25) is 9.59 Å². The van der Waals surface area contributed by atoms with E-state index in [0.29, 0.717) is 5.56 Å². The largest absolute Gasteiger partial charge is 0.444 e. The molecular weight excluding hydrogens is 438 g/mol. The topological polar surface area (TPSA) is 87.7 Å². The lowest BCUT2D eigenvalue weighted by Gasteiger charge is -2.43. The molecule has 1 aromatic rings. The Bertz CT molecular complexity index is 861. The fourth-order valence-corrected chi connectivity index (χ4v) is 3.90. The summed E-state index contributed by atoms with van der Waals surface area (Å²) in [5.41, 5.74) is 0.849. The van der Waals surface area contributed by atoms with Gasteiger partial charge < -0.3 is 20.3 Å². The number of rotatable bonds is 9. The molecule has 33 heavy (non-hydrogen) atoms. The Kier molecular flexibility index (Phi) is 9.40. The molecule has 7 nitrogen and oxygen atoms in total. The van der Waals surface area contributed by atoms with E-state index in [1.165, 1.54) is 0 Å². The van der Waals surface area contributed by atoms with E-state index < -0.39 is 23.8 Å². The van der Waals surface area contributed by atoms with E-state index in [0.717, 1.165) is 24.8 Å². The van der Waals surface area contributed by atoms with Crippen molar-refractivity contribution in [3.8, 4) is 0 Å². The third-order valence-corrected chi connectivity index (χ3v) is 5.68. The average molecular weight is 476 g/mol. The van der Waals surface area contributed by atoms with Crippen LogP contribution in [0.1, 0.15) is 71.0 Å². The van der Waals surface area contributed by atoms with Crippen LogP contribution in [0, 0.1) is 0 Å². The highest BCUT2D eigenvalue weighted by molar-refractivity contribution is 7.80. The first-order chi connectivity index (χ1) is 15.5. The summed E-state index contributed by atoms with van der Waals surface area (Å²) in [5, 5.41) is 5.59. The maximum Gasteiger partial charge on any atom is 0.408 e. The van der Waals surface area contributed by atoms with Crippen LogP contribution in [0.25, 0.3) is 6.08 Å². The Balaban J connectivity index is 2.44. The Morgan fingerprint density at radius 1 is 1.24 bits per heavy atom. The first-order valence-corrected chi connectivity index (χ1v) is 12.1. The first kappa shape index (κ1) is 26.8. The standard InChI is InChI=1S/C25H37N3O4S/c1-7-17-10-8-11-18(14-17)21(22(29)26-16(2)3)28(19-12-9-13-19)23(30)20(15-33)27-24(31)32-25(4,5)6/h7-8,10-11,14,16,19-21,33H,1,9,12-13,15H2,2-6H3,(H,26,29)(H,27,31). The van der Waals surface area contributed by atoms with E-state index in [2.05, 4.69) is 29.8 Å². The molecule has 2 atom stereocenters. The second kappa shape index (κ2) is 11.6. The lowest BCUT2D eigenvalue weighted by Crippen LogP contribution is -2.58. The van der Waals surface area contributed by atoms with Gasteiger partial charge in [0.25, 0.3) is 0 Å². The maximum atomic E-state index is 13.8. The number of nitrogens with one attached hydrogen (secondary N) is 2. The van der Waals surface area contributed by atoms with Gasteiger partial charge in [-0.25, -0.2) is 4.79 Å². The van der Waals surface area contributed by atoms with E-state index in [1.807, 2.05) is 38.1 Å². The van der Waals surface area contributed by atoms with Gasteiger partial charge in [-0.05, 0) is 71.1 Å². The van der Waals surface area contributed by atoms with E-state index in [-0.39, 0.29) is 29.7 Å². The molecule has 182 valence electrons. The van der Waals surface area contributed by atoms with Crippen LogP contribution in [0.3, 0.4) is 0 Å². The summed E-state index contributed by atoms with van der Waals surface area (Å²) in [4.78, 5) is 41.2. The van der Waals surface area contributed by atoms with E-state index >= 15 is 0 Å². The van der Waals surface area contributed by atoms with Gasteiger partial charge in [0.05, 0.1) is 0 Å². The lowest BCUT2D eigenvalue weighted by molar-refractivity contribution is -0.147. The Hall–Kier alpha value is -2.48. The van der Waals surface area contributed by atoms with Gasteiger partial charge in [0.2, 0.25) is 11.8 Å². The molecule has 2 N–H and O–H groups in total. The lowest BCUT2D eigenvalue weighted by atomic mass is 9.88. The second-order valence-corrected chi connectivity index (χ2v) is 10.0. The molecule has 0 heterocycles. The van der Waals surface area contributed by atoms with Crippen LogP contribution in [-0.4, -0.2) is 52.3 Å². The number of ether oxygens (including phenoxy) is 1. The van der Waals surface area contributed by atoms with Crippen LogP contribution in [0.2, 0.25) is 0 Å². The van der Waals surface area contributed by atoms with Gasteiger partial charge in [-0.15, -0.1) is 0 Å². The van der Waals surface area contributed by atoms with Crippen molar-refractivity contribution in [2.24, 2.45) is 0 Å². The average Bonchev–Trinajstić information content (AvgIpc) is 2.68. The molecule has 8 heteroatoms. The number of carbonyl (C=O) groups excluding carboxylic acids is 3. The van der Waals surface area contributed by atoms with Gasteiger partial charge in [-0.2, -0.15) is 12.6 Å². The first-order valence-electron chi connectivity index (χ1n) is 11.4. The summed E-state index contributed by atoms with van der Waals surface area (Å²) in [6.07, 6.45) is 3.58. The van der Waals surface area contributed by atoms with E-state index in [4.69, 9.17) is 4.74 Å². The van der Waals surface area contributed by atoms with Crippen molar-refractivity contribution in [1.29, 1.82) is 0 Å². The van der Waals surface area contributed by atoms with Crippen molar-refractivity contribution < 1.29 is 19.1 Å². The monoisotopic (exact) mass is 475 g/mol. The van der Waals surface area contributed by atoms with Crippen LogP contribution in [0.15, 0.2) is 30.8 Å². The number of thiol groups is 1. The summed E-state index contributed by atoms with van der Waals surface area (Å²) in [6.45, 7) is 12.8. The highest BCUT2D eigenvalue weighted by Gasteiger charge is 2.41. The van der Waals surface area contributed by atoms with Crippen molar-refractivity contribution in [2.45, 2.75) is 83.6 Å². The van der Waals surface area contributed by atoms with Crippen molar-refractivity contribution >= 4 is 36.6 Å². The minimum Gasteiger partial charge on any atom is -0.444 e. The van der Waals surface area contributed by atoms with Crippen molar-refractivity contribution in [3.63, 3.8) is 0 Å². The molecule has 0 radical (unpaired) electrons. The predicted molar refractivity (Wildman–Crippen MR) is 134 cm³/mol. The van der Waals surface area contributed by atoms with Gasteiger partial charge in [-0.1, -0.05) is 30.9 Å². The van der Waals surface area contributed by atoms with Crippen LogP contribution in [0.4, 0.5) is 4.79 Å². The fourth-order valence-electron chi connectivity index (χ4n) is 3.66. The minimum absolute atomic E-state index is 0.0759. The number of carbonyl (C=O) groups is 3. The third kappa shape index (κ3) is 7.52. The van der Waals surface area contributed by atoms with Crippen molar-refractivity contribution in [1.82, 2.24) is 15.5 Å². The molecule has 2 rings (SSSR count). The van der Waals surface area contributed by atoms with Gasteiger partial charge >= 0.3 is 6.09 Å². The van der Waals surface area contributed by atoms with Crippen molar-refractivity contribution in [3.05, 3.63) is 42.0 Å². The molecule has 0 aliphatic heterocycles. The Morgan fingerprint density at radius 2 is 1.91 bits per heavy atom. The van der Waals surface area contributed by atoms with Gasteiger partial charge in [0.15, 0.2) is 0 Å². The SMILES string of the molecule is C=Cc1cccc(C(C(=O)NC(C)C)N(C(=O)C(CS)NC(=O)OC(C)(C)C)C2CCC2)c1. The number of hydrogen-bond acceptors (Lipinski definition) is 5. The van der Waals surface area contributed by atoms with E-state index in [1.54, 1.807) is 31.7 Å². The Labute approximate surface area is 202 Å². The zero-order chi connectivity index (χ0) is 24.8. The predicted octanol–water partition coefficient (Wildman–Crippen LogP) is 4.10. The number of benzene rings is 1. The van der Waals surface area contributed by atoms with Gasteiger partial charge in [0.1, 0.15) is 17.7 Å². The second-order valence-electron chi connectivity index (χ2n) is 9.65. The fraction of sp³-hybridized carbons (Fsp3) is 0.560. The van der Waals surface area contributed by atoms with Crippen LogP contribution >= 0.6 is 12.6 Å². The molecule has 3 amide bonds. The number of amides is 3. The van der Waals surface area contributed by atoms with Crippen molar-refractivity contribution in [2.75, 3.05) is 5.75 Å². The van der Waals surface area contributed by atoms with Crippen LogP contribution < -0.4 is 10.6 Å². The molecule has 0 spiro atoms. The zero-order valence-corrected chi connectivity index (χ0v) is 21.2. The smallest absolute Gasteiger partial charge is 0.408 e. The summed E-state index contributed by atoms with van der Waals surface area (Å²) in [6, 6.07) is 5.48. The molecule has 1 saturated carbocycles. The molecule has 1 aromatic carbocycles. The number of alkyl carbamates (subject to hydrolysis) is 1. The molecule has 2 unspecified atom stereocenters. The summed E-state index contributed by atoms with van der Waals surface area (Å²) in [5.74, 6) is -0.540. The highest BCUT2D eigenvalue weighted by atomic mass is 32.1. The number of nitrogens with zero attached hydrogens (tertiary/aromatic N) is 1. The third-order valence-electron chi connectivity index (χ3n) is 5.31. The minimum atomic E-state index is -0.930. The molecule has 0 saturated heterocycles. The molecule has 1 aliphatic carbocycles. The normalized spacial score (nSPS) is 15.7. The Morgan fingerprint density at radius 3 is 2.39 bits per heavy atom.